The lowest BCUT2D eigenvalue weighted by atomic mass is 9.46. The second-order valence-corrected chi connectivity index (χ2v) is 11.9. The van der Waals surface area contributed by atoms with Crippen LogP contribution in [0.15, 0.2) is 11.6 Å². The molecule has 0 saturated heterocycles. The Morgan fingerprint density at radius 2 is 1.77 bits per heavy atom. The maximum atomic E-state index is 13.1. The quantitative estimate of drug-likeness (QED) is 0.589. The first-order valence-corrected chi connectivity index (χ1v) is 11.9. The summed E-state index contributed by atoms with van der Waals surface area (Å²) < 4.78 is 5.38. The highest BCUT2D eigenvalue weighted by Gasteiger charge is 2.60. The number of ketones is 2. The summed E-state index contributed by atoms with van der Waals surface area (Å²) in [6.45, 7) is 10.1. The van der Waals surface area contributed by atoms with Gasteiger partial charge in [0, 0.05) is 12.3 Å². The van der Waals surface area contributed by atoms with Gasteiger partial charge in [0.1, 0.15) is 6.61 Å². The van der Waals surface area contributed by atoms with Gasteiger partial charge in [-0.3, -0.25) is 14.4 Å². The maximum absolute atomic E-state index is 13.1. The molecular formula is C26H38O4. The molecule has 0 amide bonds. The van der Waals surface area contributed by atoms with Gasteiger partial charge in [0.15, 0.2) is 11.6 Å². The lowest BCUT2D eigenvalue weighted by Gasteiger charge is -2.58. The van der Waals surface area contributed by atoms with Gasteiger partial charge in [-0.05, 0) is 100 Å². The fraction of sp³-hybridized carbons (Fsp3) is 0.808. The van der Waals surface area contributed by atoms with Crippen molar-refractivity contribution in [2.75, 3.05) is 6.61 Å². The zero-order valence-corrected chi connectivity index (χ0v) is 19.4. The number of carbonyl (C=O) groups excluding carboxylic acids is 3. The van der Waals surface area contributed by atoms with E-state index in [4.69, 9.17) is 4.74 Å². The van der Waals surface area contributed by atoms with Gasteiger partial charge >= 0.3 is 5.97 Å². The number of fused-ring (bicyclic) bond motifs is 5. The molecule has 4 aliphatic carbocycles. The van der Waals surface area contributed by atoms with E-state index in [1.807, 2.05) is 26.8 Å². The van der Waals surface area contributed by atoms with Crippen LogP contribution in [-0.4, -0.2) is 24.1 Å². The van der Waals surface area contributed by atoms with E-state index in [0.29, 0.717) is 30.0 Å². The number of hydrogen-bond donors (Lipinski definition) is 0. The topological polar surface area (TPSA) is 60.4 Å². The monoisotopic (exact) mass is 414 g/mol. The molecule has 166 valence electrons. The van der Waals surface area contributed by atoms with Crippen molar-refractivity contribution in [3.63, 3.8) is 0 Å². The Kier molecular flexibility index (Phi) is 5.30. The Morgan fingerprint density at radius 3 is 2.47 bits per heavy atom. The van der Waals surface area contributed by atoms with Crippen molar-refractivity contribution in [1.29, 1.82) is 0 Å². The van der Waals surface area contributed by atoms with Crippen molar-refractivity contribution >= 4 is 17.5 Å². The summed E-state index contributed by atoms with van der Waals surface area (Å²) in [4.78, 5) is 37.2. The van der Waals surface area contributed by atoms with Gasteiger partial charge in [-0.1, -0.05) is 19.4 Å². The van der Waals surface area contributed by atoms with Crippen LogP contribution in [0.3, 0.4) is 0 Å². The lowest BCUT2D eigenvalue weighted by Crippen LogP contribution is -2.51. The molecule has 0 unspecified atom stereocenters. The van der Waals surface area contributed by atoms with E-state index in [2.05, 4.69) is 13.8 Å². The minimum Gasteiger partial charge on any atom is -0.457 e. The molecule has 3 saturated carbocycles. The molecule has 0 radical (unpaired) electrons. The zero-order valence-electron chi connectivity index (χ0n) is 19.4. The van der Waals surface area contributed by atoms with Crippen molar-refractivity contribution in [2.45, 2.75) is 86.0 Å². The largest absolute Gasteiger partial charge is 0.457 e. The van der Waals surface area contributed by atoms with Crippen LogP contribution < -0.4 is 0 Å². The van der Waals surface area contributed by atoms with Crippen molar-refractivity contribution in [2.24, 2.45) is 39.9 Å². The molecule has 0 aromatic rings. The van der Waals surface area contributed by atoms with Crippen LogP contribution in [0.2, 0.25) is 0 Å². The Morgan fingerprint density at radius 1 is 1.03 bits per heavy atom. The van der Waals surface area contributed by atoms with Gasteiger partial charge in [-0.2, -0.15) is 0 Å². The van der Waals surface area contributed by atoms with Crippen LogP contribution in [-0.2, 0) is 19.1 Å². The summed E-state index contributed by atoms with van der Waals surface area (Å²) in [6.07, 6.45) is 10.1. The van der Waals surface area contributed by atoms with Gasteiger partial charge in [-0.15, -0.1) is 0 Å². The predicted octanol–water partition coefficient (Wildman–Crippen LogP) is 5.29. The molecule has 0 spiro atoms. The van der Waals surface area contributed by atoms with Crippen LogP contribution in [0.1, 0.15) is 86.0 Å². The minimum absolute atomic E-state index is 0.00824. The molecule has 0 bridgehead atoms. The molecule has 0 aromatic carbocycles. The first kappa shape index (κ1) is 21.8. The van der Waals surface area contributed by atoms with E-state index >= 15 is 0 Å². The van der Waals surface area contributed by atoms with E-state index in [-0.39, 0.29) is 35.1 Å². The minimum atomic E-state index is -0.579. The first-order valence-electron chi connectivity index (χ1n) is 11.9. The van der Waals surface area contributed by atoms with Crippen molar-refractivity contribution in [3.05, 3.63) is 11.6 Å². The molecule has 4 nitrogen and oxygen atoms in total. The molecular weight excluding hydrogens is 376 g/mol. The van der Waals surface area contributed by atoms with Gasteiger partial charge < -0.3 is 4.74 Å². The Labute approximate surface area is 181 Å². The van der Waals surface area contributed by atoms with Gasteiger partial charge in [0.05, 0.1) is 5.41 Å². The third-order valence-corrected chi connectivity index (χ3v) is 9.31. The number of hydrogen-bond acceptors (Lipinski definition) is 4. The molecule has 4 heteroatoms. The highest BCUT2D eigenvalue weighted by molar-refractivity contribution is 5.91. The molecule has 4 rings (SSSR count). The van der Waals surface area contributed by atoms with Crippen molar-refractivity contribution < 1.29 is 19.1 Å². The molecule has 0 aromatic heterocycles. The Balaban J connectivity index is 1.49. The average molecular weight is 415 g/mol. The summed E-state index contributed by atoms with van der Waals surface area (Å²) in [5.74, 6) is 1.98. The second-order valence-electron chi connectivity index (χ2n) is 11.9. The zero-order chi connectivity index (χ0) is 21.9. The van der Waals surface area contributed by atoms with Gasteiger partial charge in [0.2, 0.25) is 0 Å². The van der Waals surface area contributed by atoms with Gasteiger partial charge in [-0.25, -0.2) is 0 Å². The van der Waals surface area contributed by atoms with E-state index in [1.54, 1.807) is 0 Å². The summed E-state index contributed by atoms with van der Waals surface area (Å²) in [5.41, 5.74) is 1.00. The molecule has 3 fully saturated rings. The normalized spacial score (nSPS) is 40.7. The number of carbonyl (C=O) groups is 3. The Hall–Kier alpha value is -1.45. The van der Waals surface area contributed by atoms with Crippen LogP contribution in [0, 0.1) is 39.9 Å². The fourth-order valence-corrected chi connectivity index (χ4v) is 7.54. The van der Waals surface area contributed by atoms with Gasteiger partial charge in [0.25, 0.3) is 0 Å². The standard InChI is InChI=1S/C26H38O4/c1-24(2,3)23(29)30-15-22(28)21-9-8-19-18-7-6-16-14-17(27)10-12-25(16,4)20(18)11-13-26(19,21)5/h14,18-21H,6-13,15H2,1-5H3/t18-,19-,20-,21+,25+,26-/m1/s1. The smallest absolute Gasteiger partial charge is 0.311 e. The molecule has 4 aliphatic rings. The number of ether oxygens (including phenoxy) is 1. The molecule has 30 heavy (non-hydrogen) atoms. The maximum Gasteiger partial charge on any atom is 0.311 e. The summed E-state index contributed by atoms with van der Waals surface area (Å²) in [7, 11) is 0. The van der Waals surface area contributed by atoms with Crippen LogP contribution in [0.4, 0.5) is 0 Å². The number of rotatable bonds is 3. The summed E-state index contributed by atoms with van der Waals surface area (Å²) in [5, 5.41) is 0. The highest BCUT2D eigenvalue weighted by Crippen LogP contribution is 2.66. The SMILES string of the molecule is CC(C)(C)C(=O)OCC(=O)[C@@H]1CC[C@@H]2[C@H]3CCC4=CC(=O)CC[C@]4(C)[C@@H]3CC[C@]21C. The number of esters is 1. The third kappa shape index (κ3) is 3.39. The van der Waals surface area contributed by atoms with Crippen LogP contribution >= 0.6 is 0 Å². The number of allylic oxidation sites excluding steroid dienone is 1. The Bertz CT molecular complexity index is 787. The van der Waals surface area contributed by atoms with Crippen LogP contribution in [0.5, 0.6) is 0 Å². The van der Waals surface area contributed by atoms with E-state index in [0.717, 1.165) is 44.9 Å². The molecule has 0 heterocycles. The third-order valence-electron chi connectivity index (χ3n) is 9.31. The second kappa shape index (κ2) is 7.31. The molecule has 0 N–H and O–H groups in total. The van der Waals surface area contributed by atoms with Crippen molar-refractivity contribution in [3.8, 4) is 0 Å². The highest BCUT2D eigenvalue weighted by atomic mass is 16.5. The van der Waals surface area contributed by atoms with Crippen LogP contribution in [0.25, 0.3) is 0 Å². The molecule has 0 aliphatic heterocycles. The summed E-state index contributed by atoms with van der Waals surface area (Å²) >= 11 is 0. The van der Waals surface area contributed by atoms with E-state index in [9.17, 15) is 14.4 Å². The molecule has 6 atom stereocenters. The fourth-order valence-electron chi connectivity index (χ4n) is 7.54. The predicted molar refractivity (Wildman–Crippen MR) is 116 cm³/mol. The van der Waals surface area contributed by atoms with E-state index in [1.165, 1.54) is 5.57 Å². The number of Topliss-reactive ketones (excluding diaryl/α,β-unsaturated/α-hetero) is 1. The average Bonchev–Trinajstić information content (AvgIpc) is 3.03. The van der Waals surface area contributed by atoms with E-state index < -0.39 is 5.41 Å². The first-order chi connectivity index (χ1) is 14.0. The van der Waals surface area contributed by atoms with Crippen molar-refractivity contribution in [1.82, 2.24) is 0 Å². The summed E-state index contributed by atoms with van der Waals surface area (Å²) in [6, 6.07) is 0. The lowest BCUT2D eigenvalue weighted by molar-refractivity contribution is -0.158.